The van der Waals surface area contributed by atoms with Gasteiger partial charge in [0.15, 0.2) is 0 Å². The number of non-ortho nitro benzene ring substituents is 1. The number of ether oxygens (including phenoxy) is 1. The molecule has 0 aromatic heterocycles. The number of carbonyl (C=O) groups excluding carboxylic acids is 2. The van der Waals surface area contributed by atoms with Gasteiger partial charge in [-0.2, -0.15) is 0 Å². The van der Waals surface area contributed by atoms with Gasteiger partial charge in [-0.25, -0.2) is 4.79 Å². The summed E-state index contributed by atoms with van der Waals surface area (Å²) in [7, 11) is 0. The third-order valence-corrected chi connectivity index (χ3v) is 5.52. The van der Waals surface area contributed by atoms with E-state index in [1.165, 1.54) is 18.2 Å². The van der Waals surface area contributed by atoms with Crippen LogP contribution in [-0.4, -0.2) is 48.0 Å². The summed E-state index contributed by atoms with van der Waals surface area (Å²) in [5, 5.41) is 13.5. The van der Waals surface area contributed by atoms with Gasteiger partial charge in [0, 0.05) is 55.8 Å². The van der Waals surface area contributed by atoms with E-state index in [9.17, 15) is 19.7 Å². The average Bonchev–Trinajstić information content (AvgIpc) is 2.89. The Balaban J connectivity index is 1.25. The minimum Gasteiger partial charge on any atom is -0.410 e. The van der Waals surface area contributed by atoms with Crippen LogP contribution in [-0.2, 0) is 4.79 Å². The first-order chi connectivity index (χ1) is 17.0. The molecule has 9 nitrogen and oxygen atoms in total. The van der Waals surface area contributed by atoms with Gasteiger partial charge in [0.25, 0.3) is 5.69 Å². The summed E-state index contributed by atoms with van der Waals surface area (Å²) in [6.07, 6.45) is 2.62. The molecule has 1 heterocycles. The van der Waals surface area contributed by atoms with E-state index in [0.29, 0.717) is 43.2 Å². The summed E-state index contributed by atoms with van der Waals surface area (Å²) in [6, 6.07) is 22.4. The highest BCUT2D eigenvalue weighted by atomic mass is 16.6. The first-order valence-corrected chi connectivity index (χ1v) is 11.1. The molecule has 0 unspecified atom stereocenters. The van der Waals surface area contributed by atoms with Gasteiger partial charge in [0.1, 0.15) is 5.75 Å². The van der Waals surface area contributed by atoms with Crippen LogP contribution in [0.3, 0.4) is 0 Å². The van der Waals surface area contributed by atoms with E-state index in [0.717, 1.165) is 5.69 Å². The number of nitrogens with one attached hydrogen (secondary N) is 1. The maximum Gasteiger partial charge on any atom is 0.415 e. The topological polar surface area (TPSA) is 105 Å². The molecule has 0 bridgehead atoms. The summed E-state index contributed by atoms with van der Waals surface area (Å²) in [5.41, 5.74) is 2.34. The molecule has 1 aliphatic heterocycles. The molecule has 4 rings (SSSR count). The van der Waals surface area contributed by atoms with Crippen LogP contribution in [0.4, 0.5) is 21.9 Å². The Hall–Kier alpha value is -4.66. The SMILES string of the molecule is O=C(/C=C/c1ccc([N+](=O)[O-])cc1)Nc1ccc(N2CCN(C(=O)Oc3ccccc3)CC2)cc1. The first kappa shape index (κ1) is 23.5. The molecule has 1 N–H and O–H groups in total. The van der Waals surface area contributed by atoms with E-state index in [4.69, 9.17) is 4.74 Å². The second kappa shape index (κ2) is 11.0. The van der Waals surface area contributed by atoms with E-state index < -0.39 is 4.92 Å². The fourth-order valence-electron chi connectivity index (χ4n) is 3.62. The Morgan fingerprint density at radius 3 is 2.17 bits per heavy atom. The molecule has 3 aromatic rings. The van der Waals surface area contributed by atoms with E-state index in [1.807, 2.05) is 42.5 Å². The molecular weight excluding hydrogens is 448 g/mol. The third kappa shape index (κ3) is 6.44. The van der Waals surface area contributed by atoms with Gasteiger partial charge in [-0.15, -0.1) is 0 Å². The minimum atomic E-state index is -0.469. The molecule has 3 aromatic carbocycles. The zero-order valence-electron chi connectivity index (χ0n) is 18.9. The third-order valence-electron chi connectivity index (χ3n) is 5.52. The van der Waals surface area contributed by atoms with Gasteiger partial charge in [-0.3, -0.25) is 14.9 Å². The summed E-state index contributed by atoms with van der Waals surface area (Å²) in [4.78, 5) is 38.7. The molecule has 1 aliphatic rings. The maximum atomic E-state index is 12.4. The number of hydrogen-bond acceptors (Lipinski definition) is 6. The van der Waals surface area contributed by atoms with Gasteiger partial charge in [0.2, 0.25) is 5.91 Å². The Bertz CT molecular complexity index is 1200. The number of rotatable bonds is 6. The molecule has 0 radical (unpaired) electrons. The molecule has 1 fully saturated rings. The molecule has 0 atom stereocenters. The molecule has 0 aliphatic carbocycles. The van der Waals surface area contributed by atoms with E-state index in [-0.39, 0.29) is 17.7 Å². The number of anilines is 2. The minimum absolute atomic E-state index is 0.000206. The normalized spacial score (nSPS) is 13.5. The zero-order valence-corrected chi connectivity index (χ0v) is 18.9. The van der Waals surface area contributed by atoms with Crippen molar-refractivity contribution in [3.8, 4) is 5.75 Å². The van der Waals surface area contributed by atoms with E-state index >= 15 is 0 Å². The van der Waals surface area contributed by atoms with Gasteiger partial charge < -0.3 is 19.9 Å². The maximum absolute atomic E-state index is 12.4. The number of para-hydroxylation sites is 1. The van der Waals surface area contributed by atoms with Gasteiger partial charge in [-0.1, -0.05) is 18.2 Å². The Morgan fingerprint density at radius 2 is 1.54 bits per heavy atom. The van der Waals surface area contributed by atoms with Crippen LogP contribution in [0, 0.1) is 10.1 Å². The van der Waals surface area contributed by atoms with Crippen LogP contribution < -0.4 is 15.0 Å². The van der Waals surface area contributed by atoms with Crippen molar-refractivity contribution in [3.05, 3.63) is 101 Å². The van der Waals surface area contributed by atoms with Crippen molar-refractivity contribution in [3.63, 3.8) is 0 Å². The number of hydrogen-bond donors (Lipinski definition) is 1. The Morgan fingerprint density at radius 1 is 0.886 bits per heavy atom. The van der Waals surface area contributed by atoms with Crippen molar-refractivity contribution in [1.29, 1.82) is 0 Å². The molecule has 1 saturated heterocycles. The lowest BCUT2D eigenvalue weighted by Crippen LogP contribution is -2.49. The average molecular weight is 473 g/mol. The van der Waals surface area contributed by atoms with Crippen molar-refractivity contribution in [2.75, 3.05) is 36.4 Å². The van der Waals surface area contributed by atoms with Crippen molar-refractivity contribution in [2.24, 2.45) is 0 Å². The molecule has 178 valence electrons. The lowest BCUT2D eigenvalue weighted by atomic mass is 10.2. The summed E-state index contributed by atoms with van der Waals surface area (Å²) in [5.74, 6) is 0.224. The highest BCUT2D eigenvalue weighted by molar-refractivity contribution is 6.02. The number of nitro benzene ring substituents is 1. The number of piperazine rings is 1. The molecule has 35 heavy (non-hydrogen) atoms. The molecular formula is C26H24N4O5. The fraction of sp³-hybridized carbons (Fsp3) is 0.154. The predicted molar refractivity (Wildman–Crippen MR) is 133 cm³/mol. The van der Waals surface area contributed by atoms with Gasteiger partial charge in [-0.05, 0) is 60.2 Å². The molecule has 2 amide bonds. The quantitative estimate of drug-likeness (QED) is 0.320. The summed E-state index contributed by atoms with van der Waals surface area (Å²) in [6.45, 7) is 2.45. The highest BCUT2D eigenvalue weighted by Gasteiger charge is 2.22. The Labute approximate surface area is 202 Å². The largest absolute Gasteiger partial charge is 0.415 e. The van der Waals surface area contributed by atoms with Crippen LogP contribution in [0.15, 0.2) is 84.9 Å². The van der Waals surface area contributed by atoms with Crippen LogP contribution in [0.2, 0.25) is 0 Å². The number of benzene rings is 3. The monoisotopic (exact) mass is 472 g/mol. The summed E-state index contributed by atoms with van der Waals surface area (Å²) >= 11 is 0. The van der Waals surface area contributed by atoms with Crippen molar-refractivity contribution in [2.45, 2.75) is 0 Å². The molecule has 0 spiro atoms. The van der Waals surface area contributed by atoms with Crippen LogP contribution >= 0.6 is 0 Å². The zero-order chi connectivity index (χ0) is 24.6. The van der Waals surface area contributed by atoms with Crippen molar-refractivity contribution in [1.82, 2.24) is 4.90 Å². The van der Waals surface area contributed by atoms with Crippen LogP contribution in [0.5, 0.6) is 5.75 Å². The number of carbonyl (C=O) groups is 2. The second-order valence-electron chi connectivity index (χ2n) is 7.87. The molecule has 9 heteroatoms. The van der Waals surface area contributed by atoms with Crippen molar-refractivity contribution >= 4 is 35.1 Å². The van der Waals surface area contributed by atoms with Gasteiger partial charge >= 0.3 is 6.09 Å². The molecule has 0 saturated carbocycles. The van der Waals surface area contributed by atoms with Gasteiger partial charge in [0.05, 0.1) is 4.92 Å². The fourth-order valence-corrected chi connectivity index (χ4v) is 3.62. The van der Waals surface area contributed by atoms with E-state index in [1.54, 1.807) is 35.2 Å². The Kier molecular flexibility index (Phi) is 7.37. The van der Waals surface area contributed by atoms with E-state index in [2.05, 4.69) is 10.2 Å². The number of amides is 2. The van der Waals surface area contributed by atoms with Crippen molar-refractivity contribution < 1.29 is 19.2 Å². The van der Waals surface area contributed by atoms with Crippen LogP contribution in [0.25, 0.3) is 6.08 Å². The van der Waals surface area contributed by atoms with Crippen LogP contribution in [0.1, 0.15) is 5.56 Å². The predicted octanol–water partition coefficient (Wildman–Crippen LogP) is 4.57. The number of nitro groups is 1. The lowest BCUT2D eigenvalue weighted by molar-refractivity contribution is -0.384. The lowest BCUT2D eigenvalue weighted by Gasteiger charge is -2.35. The smallest absolute Gasteiger partial charge is 0.410 e. The highest BCUT2D eigenvalue weighted by Crippen LogP contribution is 2.20. The first-order valence-electron chi connectivity index (χ1n) is 11.1. The number of nitrogens with zero attached hydrogens (tertiary/aromatic N) is 3. The standard InChI is InChI=1S/C26H24N4O5/c31-25(15-8-20-6-11-23(12-7-20)30(33)34)27-21-9-13-22(14-10-21)28-16-18-29(19-17-28)26(32)35-24-4-2-1-3-5-24/h1-15H,16-19H2,(H,27,31)/b15-8+. The second-order valence-corrected chi connectivity index (χ2v) is 7.87. The summed E-state index contributed by atoms with van der Waals surface area (Å²) < 4.78 is 5.41.